The zero-order valence-corrected chi connectivity index (χ0v) is 19.2. The Morgan fingerprint density at radius 2 is 1.48 bits per heavy atom. The second-order valence-corrected chi connectivity index (χ2v) is 10.2. The summed E-state index contributed by atoms with van der Waals surface area (Å²) in [5.41, 5.74) is 2.80. The first-order valence-electron chi connectivity index (χ1n) is 10.9. The van der Waals surface area contributed by atoms with Crippen LogP contribution in [0.2, 0.25) is 0 Å². The number of nitrogens with zero attached hydrogens (tertiary/aromatic N) is 3. The zero-order valence-electron chi connectivity index (χ0n) is 18.4. The summed E-state index contributed by atoms with van der Waals surface area (Å²) in [6.45, 7) is 6.78. The molecule has 0 aromatic heterocycles. The normalized spacial score (nSPS) is 19.5. The number of piperazine rings is 1. The minimum Gasteiger partial charge on any atom is -0.308 e. The molecule has 9 nitrogen and oxygen atoms in total. The van der Waals surface area contributed by atoms with Gasteiger partial charge in [0.05, 0.1) is 6.54 Å². The molecule has 3 rings (SSSR count). The maximum absolute atomic E-state index is 12.9. The molecule has 1 aromatic carbocycles. The number of carbonyl (C=O) groups excluding carboxylic acids is 2. The number of carbonyl (C=O) groups is 2. The topological polar surface area (TPSA) is 102 Å². The first-order chi connectivity index (χ1) is 14.8. The monoisotopic (exact) mass is 451 g/mol. The van der Waals surface area contributed by atoms with Crippen molar-refractivity contribution >= 4 is 27.8 Å². The summed E-state index contributed by atoms with van der Waals surface area (Å²) in [7, 11) is -3.45. The van der Waals surface area contributed by atoms with Crippen molar-refractivity contribution in [2.24, 2.45) is 0 Å². The summed E-state index contributed by atoms with van der Waals surface area (Å²) in [4.78, 5) is 26.2. The molecule has 2 aliphatic heterocycles. The molecule has 2 saturated heterocycles. The standard InChI is InChI=1S/C21H33N5O4S/c1-17-7-8-19(15-18(17)2)22-21(28)23-20(27)16-24-11-13-26(14-12-24)31(29,30)25-9-5-3-4-6-10-25/h7-8,15H,3-6,9-14,16H2,1-2H3,(H2,22,23,27,28). The molecule has 31 heavy (non-hydrogen) atoms. The van der Waals surface area contributed by atoms with Gasteiger partial charge in [0.2, 0.25) is 5.91 Å². The lowest BCUT2D eigenvalue weighted by Gasteiger charge is -2.36. The molecule has 1 aromatic rings. The lowest BCUT2D eigenvalue weighted by atomic mass is 10.1. The number of hydrogen-bond acceptors (Lipinski definition) is 5. The molecule has 0 spiro atoms. The van der Waals surface area contributed by atoms with E-state index in [4.69, 9.17) is 0 Å². The Hall–Kier alpha value is -2.01. The highest BCUT2D eigenvalue weighted by molar-refractivity contribution is 7.86. The fourth-order valence-electron chi connectivity index (χ4n) is 3.90. The van der Waals surface area contributed by atoms with Gasteiger partial charge < -0.3 is 5.32 Å². The van der Waals surface area contributed by atoms with Gasteiger partial charge in [0, 0.05) is 45.0 Å². The van der Waals surface area contributed by atoms with E-state index >= 15 is 0 Å². The summed E-state index contributed by atoms with van der Waals surface area (Å²) in [6, 6.07) is 4.97. The van der Waals surface area contributed by atoms with Gasteiger partial charge >= 0.3 is 6.03 Å². The van der Waals surface area contributed by atoms with Crippen molar-refractivity contribution in [1.82, 2.24) is 18.8 Å². The third-order valence-electron chi connectivity index (χ3n) is 5.93. The second kappa shape index (κ2) is 10.5. The molecule has 2 fully saturated rings. The van der Waals surface area contributed by atoms with Crippen LogP contribution in [0.25, 0.3) is 0 Å². The molecular formula is C21H33N5O4S. The zero-order chi connectivity index (χ0) is 22.4. The fraction of sp³-hybridized carbons (Fsp3) is 0.619. The van der Waals surface area contributed by atoms with Crippen molar-refractivity contribution in [3.63, 3.8) is 0 Å². The van der Waals surface area contributed by atoms with Gasteiger partial charge in [0.1, 0.15) is 0 Å². The number of amides is 3. The molecule has 0 saturated carbocycles. The second-order valence-electron chi connectivity index (χ2n) is 8.30. The number of benzene rings is 1. The Morgan fingerprint density at radius 1 is 0.871 bits per heavy atom. The van der Waals surface area contributed by atoms with Crippen molar-refractivity contribution in [3.8, 4) is 0 Å². The van der Waals surface area contributed by atoms with Crippen molar-refractivity contribution in [2.45, 2.75) is 39.5 Å². The van der Waals surface area contributed by atoms with Gasteiger partial charge in [-0.05, 0) is 49.9 Å². The van der Waals surface area contributed by atoms with Gasteiger partial charge in [-0.2, -0.15) is 17.0 Å². The number of anilines is 1. The molecule has 2 heterocycles. The average Bonchev–Trinajstić information content (AvgIpc) is 3.01. The summed E-state index contributed by atoms with van der Waals surface area (Å²) >= 11 is 0. The minimum atomic E-state index is -3.45. The Labute approximate surface area is 184 Å². The van der Waals surface area contributed by atoms with E-state index in [-0.39, 0.29) is 6.54 Å². The summed E-state index contributed by atoms with van der Waals surface area (Å²) < 4.78 is 28.9. The highest BCUT2D eigenvalue weighted by atomic mass is 32.2. The van der Waals surface area contributed by atoms with Gasteiger partial charge in [-0.25, -0.2) is 4.79 Å². The number of rotatable bonds is 5. The van der Waals surface area contributed by atoms with E-state index < -0.39 is 22.1 Å². The van der Waals surface area contributed by atoms with E-state index in [2.05, 4.69) is 10.6 Å². The van der Waals surface area contributed by atoms with E-state index in [1.165, 1.54) is 4.31 Å². The largest absolute Gasteiger partial charge is 0.325 e. The lowest BCUT2D eigenvalue weighted by molar-refractivity contribution is -0.121. The molecule has 0 unspecified atom stereocenters. The van der Waals surface area contributed by atoms with Crippen LogP contribution >= 0.6 is 0 Å². The molecule has 2 aliphatic rings. The Bertz CT molecular complexity index is 889. The number of nitrogens with one attached hydrogen (secondary N) is 2. The molecule has 0 radical (unpaired) electrons. The molecule has 3 amide bonds. The van der Waals surface area contributed by atoms with Crippen LogP contribution in [0.1, 0.15) is 36.8 Å². The molecule has 0 aliphatic carbocycles. The Balaban J connectivity index is 1.44. The molecule has 0 atom stereocenters. The van der Waals surface area contributed by atoms with Gasteiger partial charge in [0.15, 0.2) is 0 Å². The third-order valence-corrected chi connectivity index (χ3v) is 7.97. The van der Waals surface area contributed by atoms with Crippen molar-refractivity contribution < 1.29 is 18.0 Å². The minimum absolute atomic E-state index is 0.0535. The molecule has 10 heteroatoms. The van der Waals surface area contributed by atoms with Crippen LogP contribution < -0.4 is 10.6 Å². The first kappa shape index (κ1) is 23.6. The highest BCUT2D eigenvalue weighted by Crippen LogP contribution is 2.18. The quantitative estimate of drug-likeness (QED) is 0.709. The van der Waals surface area contributed by atoms with Gasteiger partial charge in [-0.15, -0.1) is 0 Å². The van der Waals surface area contributed by atoms with Crippen LogP contribution in [0.3, 0.4) is 0 Å². The average molecular weight is 452 g/mol. The fourth-order valence-corrected chi connectivity index (χ4v) is 5.58. The molecular weight excluding hydrogens is 418 g/mol. The van der Waals surface area contributed by atoms with Crippen LogP contribution in [-0.4, -0.2) is 79.7 Å². The van der Waals surface area contributed by atoms with Crippen molar-refractivity contribution in [2.75, 3.05) is 51.1 Å². The third kappa shape index (κ3) is 6.49. The number of imide groups is 1. The van der Waals surface area contributed by atoms with Gasteiger partial charge in [-0.3, -0.25) is 15.0 Å². The van der Waals surface area contributed by atoms with Crippen molar-refractivity contribution in [1.29, 1.82) is 0 Å². The van der Waals surface area contributed by atoms with E-state index in [0.717, 1.165) is 36.8 Å². The summed E-state index contributed by atoms with van der Waals surface area (Å²) in [5, 5.41) is 5.00. The molecule has 2 N–H and O–H groups in total. The van der Waals surface area contributed by atoms with Gasteiger partial charge in [-0.1, -0.05) is 18.9 Å². The highest BCUT2D eigenvalue weighted by Gasteiger charge is 2.32. The van der Waals surface area contributed by atoms with Crippen LogP contribution in [0, 0.1) is 13.8 Å². The maximum atomic E-state index is 12.9. The van der Waals surface area contributed by atoms with Crippen LogP contribution in [0.15, 0.2) is 18.2 Å². The van der Waals surface area contributed by atoms with E-state index in [1.54, 1.807) is 10.4 Å². The van der Waals surface area contributed by atoms with Crippen LogP contribution in [0.4, 0.5) is 10.5 Å². The van der Waals surface area contributed by atoms with Crippen LogP contribution in [-0.2, 0) is 15.0 Å². The maximum Gasteiger partial charge on any atom is 0.325 e. The van der Waals surface area contributed by atoms with Crippen LogP contribution in [0.5, 0.6) is 0 Å². The SMILES string of the molecule is Cc1ccc(NC(=O)NC(=O)CN2CCN(S(=O)(=O)N3CCCCCC3)CC2)cc1C. The van der Waals surface area contributed by atoms with E-state index in [9.17, 15) is 18.0 Å². The van der Waals surface area contributed by atoms with Crippen molar-refractivity contribution in [3.05, 3.63) is 29.3 Å². The first-order valence-corrected chi connectivity index (χ1v) is 12.3. The smallest absolute Gasteiger partial charge is 0.308 e. The lowest BCUT2D eigenvalue weighted by Crippen LogP contribution is -2.54. The number of hydrogen-bond donors (Lipinski definition) is 2. The Morgan fingerprint density at radius 3 is 2.10 bits per heavy atom. The van der Waals surface area contributed by atoms with E-state index in [0.29, 0.717) is 45.0 Å². The summed E-state index contributed by atoms with van der Waals surface area (Å²) in [6.07, 6.45) is 3.96. The summed E-state index contributed by atoms with van der Waals surface area (Å²) in [5.74, 6) is -0.412. The number of aryl methyl sites for hydroxylation is 2. The number of urea groups is 1. The molecule has 0 bridgehead atoms. The predicted molar refractivity (Wildman–Crippen MR) is 120 cm³/mol. The van der Waals surface area contributed by atoms with E-state index in [1.807, 2.05) is 30.9 Å². The van der Waals surface area contributed by atoms with Gasteiger partial charge in [0.25, 0.3) is 10.2 Å². The molecule has 172 valence electrons. The predicted octanol–water partition coefficient (Wildman–Crippen LogP) is 1.69. The Kier molecular flexibility index (Phi) is 8.04.